The Kier molecular flexibility index (Phi) is 5.17. The van der Waals surface area contributed by atoms with E-state index in [1.165, 1.54) is 6.26 Å². The number of aliphatic hydroxyl groups is 1. The van der Waals surface area contributed by atoms with Gasteiger partial charge in [-0.05, 0) is 20.5 Å². The zero-order chi connectivity index (χ0) is 18.2. The fourth-order valence-electron chi connectivity index (χ4n) is 3.72. The van der Waals surface area contributed by atoms with Crippen LogP contribution in [0.3, 0.4) is 0 Å². The van der Waals surface area contributed by atoms with Gasteiger partial charge in [0.2, 0.25) is 0 Å². The first-order chi connectivity index (χ1) is 11.7. The Labute approximate surface area is 149 Å². The van der Waals surface area contributed by atoms with Crippen LogP contribution in [-0.2, 0) is 9.84 Å². The molecule has 0 aromatic carbocycles. The van der Waals surface area contributed by atoms with Gasteiger partial charge in [-0.2, -0.15) is 0 Å². The molecule has 0 radical (unpaired) electrons. The van der Waals surface area contributed by atoms with Gasteiger partial charge in [-0.15, -0.1) is 0 Å². The van der Waals surface area contributed by atoms with Crippen molar-refractivity contribution in [1.29, 1.82) is 0 Å². The van der Waals surface area contributed by atoms with Crippen LogP contribution in [0.5, 0.6) is 0 Å². The number of β-amino-alcohol motifs (C(OH)–C–C–N with tert-alkyl or cyclic N) is 1. The van der Waals surface area contributed by atoms with E-state index in [0.29, 0.717) is 19.6 Å². The number of hydrogen-bond donors (Lipinski definition) is 1. The van der Waals surface area contributed by atoms with E-state index in [-0.39, 0.29) is 23.8 Å². The molecule has 0 amide bonds. The minimum absolute atomic E-state index is 0.170. The van der Waals surface area contributed by atoms with Gasteiger partial charge in [0.05, 0.1) is 11.9 Å². The van der Waals surface area contributed by atoms with E-state index in [2.05, 4.69) is 24.7 Å². The van der Waals surface area contributed by atoms with E-state index in [1.807, 2.05) is 20.2 Å². The molecule has 3 rings (SSSR count). The number of aromatic nitrogens is 2. The maximum atomic E-state index is 11.4. The summed E-state index contributed by atoms with van der Waals surface area (Å²) in [6.07, 6.45) is 3.22. The van der Waals surface area contributed by atoms with Crippen molar-refractivity contribution in [3.05, 3.63) is 12.4 Å². The summed E-state index contributed by atoms with van der Waals surface area (Å²) in [7, 11) is 1.11. The Balaban J connectivity index is 1.68. The third-order valence-electron chi connectivity index (χ3n) is 4.72. The van der Waals surface area contributed by atoms with E-state index < -0.39 is 9.84 Å². The Hall–Kier alpha value is -1.45. The van der Waals surface area contributed by atoms with E-state index in [0.717, 1.165) is 24.6 Å². The molecule has 1 aromatic heterocycles. The smallest absolute Gasteiger partial charge is 0.147 e. The molecule has 0 bridgehead atoms. The number of aliphatic hydroxyl groups excluding tert-OH is 1. The summed E-state index contributed by atoms with van der Waals surface area (Å²) >= 11 is 0. The van der Waals surface area contributed by atoms with Gasteiger partial charge in [0.25, 0.3) is 0 Å². The highest BCUT2D eigenvalue weighted by Gasteiger charge is 2.34. The van der Waals surface area contributed by atoms with Crippen molar-refractivity contribution in [1.82, 2.24) is 14.9 Å². The van der Waals surface area contributed by atoms with Gasteiger partial charge in [0.15, 0.2) is 0 Å². The van der Waals surface area contributed by atoms with E-state index in [9.17, 15) is 13.5 Å². The quantitative estimate of drug-likeness (QED) is 0.715. The lowest BCUT2D eigenvalue weighted by Crippen LogP contribution is -2.50. The molecule has 1 N–H and O–H groups in total. The average Bonchev–Trinajstić information content (AvgIpc) is 2.81. The molecule has 0 aliphatic carbocycles. The molecule has 9 heteroatoms. The van der Waals surface area contributed by atoms with E-state index >= 15 is 0 Å². The Morgan fingerprint density at radius 3 is 2.56 bits per heavy atom. The molecule has 8 nitrogen and oxygen atoms in total. The summed E-state index contributed by atoms with van der Waals surface area (Å²) in [4.78, 5) is 15.1. The molecule has 2 aliphatic heterocycles. The van der Waals surface area contributed by atoms with Gasteiger partial charge >= 0.3 is 0 Å². The maximum Gasteiger partial charge on any atom is 0.147 e. The highest BCUT2D eigenvalue weighted by Crippen LogP contribution is 2.29. The standard InChI is InChI=1S/C16H27N5O3S/c1-19(2)8-13-4-14(22)9-21(13)16-5-15(17-11-18-16)20-6-12(7-20)10-25(3,23)24/h5,11-14,22H,4,6-10H2,1-3H3/t13-,14-/m1/s1. The van der Waals surface area contributed by atoms with Crippen molar-refractivity contribution >= 4 is 21.5 Å². The minimum Gasteiger partial charge on any atom is -0.391 e. The van der Waals surface area contributed by atoms with Crippen LogP contribution in [0.2, 0.25) is 0 Å². The molecule has 25 heavy (non-hydrogen) atoms. The van der Waals surface area contributed by atoms with Crippen LogP contribution in [0.4, 0.5) is 11.6 Å². The molecule has 0 saturated carbocycles. The molecule has 2 saturated heterocycles. The molecule has 2 aliphatic rings. The van der Waals surface area contributed by atoms with Crippen LogP contribution >= 0.6 is 0 Å². The minimum atomic E-state index is -2.94. The summed E-state index contributed by atoms with van der Waals surface area (Å²) in [5, 5.41) is 10.1. The first-order valence-electron chi connectivity index (χ1n) is 8.55. The molecule has 0 unspecified atom stereocenters. The van der Waals surface area contributed by atoms with Crippen molar-refractivity contribution < 1.29 is 13.5 Å². The largest absolute Gasteiger partial charge is 0.391 e. The van der Waals surface area contributed by atoms with Crippen LogP contribution in [-0.4, -0.2) is 92.8 Å². The SMILES string of the molecule is CN(C)C[C@H]1C[C@@H](O)CN1c1cc(N2CC(CS(C)(=O)=O)C2)ncn1. The number of nitrogens with zero attached hydrogens (tertiary/aromatic N) is 5. The Bertz CT molecular complexity index is 705. The van der Waals surface area contributed by atoms with Gasteiger partial charge < -0.3 is 19.8 Å². The fourth-order valence-corrected chi connectivity index (χ4v) is 4.79. The predicted octanol–water partition coefficient (Wildman–Crippen LogP) is -0.541. The van der Waals surface area contributed by atoms with Crippen molar-refractivity contribution in [3.63, 3.8) is 0 Å². The van der Waals surface area contributed by atoms with Crippen LogP contribution < -0.4 is 9.80 Å². The van der Waals surface area contributed by atoms with Gasteiger partial charge in [0.1, 0.15) is 27.8 Å². The Morgan fingerprint density at radius 1 is 1.24 bits per heavy atom. The second-order valence-corrected chi connectivity index (χ2v) is 9.74. The van der Waals surface area contributed by atoms with E-state index in [1.54, 1.807) is 6.33 Å². The Morgan fingerprint density at radius 2 is 1.92 bits per heavy atom. The van der Waals surface area contributed by atoms with Gasteiger partial charge in [-0.3, -0.25) is 0 Å². The van der Waals surface area contributed by atoms with Crippen molar-refractivity contribution in [3.8, 4) is 0 Å². The number of sulfone groups is 1. The van der Waals surface area contributed by atoms with Gasteiger partial charge in [0, 0.05) is 50.5 Å². The maximum absolute atomic E-state index is 11.4. The molecule has 2 atom stereocenters. The molecule has 2 fully saturated rings. The number of anilines is 2. The first kappa shape index (κ1) is 18.3. The fraction of sp³-hybridized carbons (Fsp3) is 0.750. The zero-order valence-electron chi connectivity index (χ0n) is 15.0. The summed E-state index contributed by atoms with van der Waals surface area (Å²) in [6, 6.07) is 2.17. The van der Waals surface area contributed by atoms with Crippen LogP contribution in [0.25, 0.3) is 0 Å². The third-order valence-corrected chi connectivity index (χ3v) is 5.80. The lowest BCUT2D eigenvalue weighted by atomic mass is 10.0. The van der Waals surface area contributed by atoms with Crippen molar-refractivity contribution in [2.24, 2.45) is 5.92 Å². The van der Waals surface area contributed by atoms with Crippen molar-refractivity contribution in [2.45, 2.75) is 18.6 Å². The molecule has 0 spiro atoms. The summed E-state index contributed by atoms with van der Waals surface area (Å²) in [6.45, 7) is 2.84. The van der Waals surface area contributed by atoms with Crippen molar-refractivity contribution in [2.75, 3.05) is 62.1 Å². The molecule has 3 heterocycles. The van der Waals surface area contributed by atoms with Gasteiger partial charge in [-0.1, -0.05) is 0 Å². The van der Waals surface area contributed by atoms with E-state index in [4.69, 9.17) is 0 Å². The number of hydrogen-bond acceptors (Lipinski definition) is 8. The van der Waals surface area contributed by atoms with Crippen LogP contribution in [0, 0.1) is 5.92 Å². The molecular weight excluding hydrogens is 342 g/mol. The van der Waals surface area contributed by atoms with Gasteiger partial charge in [-0.25, -0.2) is 18.4 Å². The second kappa shape index (κ2) is 7.05. The highest BCUT2D eigenvalue weighted by molar-refractivity contribution is 7.90. The first-order valence-corrected chi connectivity index (χ1v) is 10.6. The predicted molar refractivity (Wildman–Crippen MR) is 97.8 cm³/mol. The third kappa shape index (κ3) is 4.59. The lowest BCUT2D eigenvalue weighted by molar-refractivity contribution is 0.191. The zero-order valence-corrected chi connectivity index (χ0v) is 15.9. The highest BCUT2D eigenvalue weighted by atomic mass is 32.2. The second-order valence-electron chi connectivity index (χ2n) is 7.56. The summed E-state index contributed by atoms with van der Waals surface area (Å²) < 4.78 is 22.8. The topological polar surface area (TPSA) is 89.9 Å². The van der Waals surface area contributed by atoms with Crippen LogP contribution in [0.1, 0.15) is 6.42 Å². The normalized spacial score (nSPS) is 24.8. The monoisotopic (exact) mass is 369 g/mol. The number of likely N-dealkylation sites (N-methyl/N-ethyl adjacent to an activating group) is 1. The lowest BCUT2D eigenvalue weighted by Gasteiger charge is -2.40. The number of rotatable bonds is 6. The van der Waals surface area contributed by atoms with Crippen LogP contribution in [0.15, 0.2) is 12.4 Å². The molecule has 1 aromatic rings. The molecule has 140 valence electrons. The summed E-state index contributed by atoms with van der Waals surface area (Å²) in [5.41, 5.74) is 0. The summed E-state index contributed by atoms with van der Waals surface area (Å²) in [5.74, 6) is 2.04. The average molecular weight is 369 g/mol. The molecular formula is C16H27N5O3S.